The predicted molar refractivity (Wildman–Crippen MR) is 64.4 cm³/mol. The summed E-state index contributed by atoms with van der Waals surface area (Å²) in [4.78, 5) is 0. The summed E-state index contributed by atoms with van der Waals surface area (Å²) in [6, 6.07) is 6.71. The van der Waals surface area contributed by atoms with Crippen LogP contribution >= 0.6 is 15.9 Å². The Hall–Kier alpha value is -0.380. The van der Waals surface area contributed by atoms with E-state index in [2.05, 4.69) is 46.4 Å². The van der Waals surface area contributed by atoms with E-state index in [9.17, 15) is 0 Å². The Balaban J connectivity index is 2.96. The first-order valence-corrected chi connectivity index (χ1v) is 5.61. The van der Waals surface area contributed by atoms with Gasteiger partial charge in [-0.1, -0.05) is 22.0 Å². The van der Waals surface area contributed by atoms with Gasteiger partial charge in [0.2, 0.25) is 0 Å². The largest absolute Gasteiger partial charge is 0.330 e. The molecule has 0 heterocycles. The topological polar surface area (TPSA) is 38.0 Å². The van der Waals surface area contributed by atoms with E-state index in [0.717, 1.165) is 10.9 Å². The molecule has 0 amide bonds. The van der Waals surface area contributed by atoms with E-state index in [1.54, 1.807) is 0 Å². The highest BCUT2D eigenvalue weighted by Gasteiger charge is 2.10. The van der Waals surface area contributed by atoms with Gasteiger partial charge < -0.3 is 11.1 Å². The molecule has 78 valence electrons. The fraction of sp³-hybridized carbons (Fsp3) is 0.455. The molecule has 0 aliphatic rings. The van der Waals surface area contributed by atoms with Gasteiger partial charge in [0.15, 0.2) is 0 Å². The van der Waals surface area contributed by atoms with E-state index in [-0.39, 0.29) is 0 Å². The van der Waals surface area contributed by atoms with Crippen molar-refractivity contribution in [1.29, 1.82) is 0 Å². The van der Waals surface area contributed by atoms with Gasteiger partial charge in [-0.05, 0) is 50.2 Å². The van der Waals surface area contributed by atoms with E-state index in [0.29, 0.717) is 12.6 Å². The number of hydrogen-bond acceptors (Lipinski definition) is 2. The Kier molecular flexibility index (Phi) is 4.58. The highest BCUT2D eigenvalue weighted by atomic mass is 79.9. The van der Waals surface area contributed by atoms with Crippen molar-refractivity contribution >= 4 is 15.9 Å². The minimum Gasteiger partial charge on any atom is -0.330 e. The zero-order valence-corrected chi connectivity index (χ0v) is 10.3. The second kappa shape index (κ2) is 5.49. The van der Waals surface area contributed by atoms with Gasteiger partial charge >= 0.3 is 0 Å². The third kappa shape index (κ3) is 2.80. The molecule has 0 spiro atoms. The van der Waals surface area contributed by atoms with Gasteiger partial charge in [0.25, 0.3) is 0 Å². The molecule has 0 bridgehead atoms. The second-order valence-electron chi connectivity index (χ2n) is 3.42. The lowest BCUT2D eigenvalue weighted by molar-refractivity contribution is 0.554. The molecule has 0 aromatic heterocycles. The molecule has 2 nitrogen and oxygen atoms in total. The maximum absolute atomic E-state index is 5.58. The zero-order chi connectivity index (χ0) is 10.6. The Morgan fingerprint density at radius 2 is 2.21 bits per heavy atom. The van der Waals surface area contributed by atoms with Crippen molar-refractivity contribution in [3.8, 4) is 0 Å². The summed E-state index contributed by atoms with van der Waals surface area (Å²) in [6.07, 6.45) is 0.966. The molecule has 1 atom stereocenters. The molecular formula is C11H17BrN2. The van der Waals surface area contributed by atoms with E-state index in [1.807, 2.05) is 7.05 Å². The summed E-state index contributed by atoms with van der Waals surface area (Å²) in [5.74, 6) is 0. The first kappa shape index (κ1) is 11.7. The average Bonchev–Trinajstić information content (AvgIpc) is 2.18. The Labute approximate surface area is 94.0 Å². The first-order valence-electron chi connectivity index (χ1n) is 4.82. The zero-order valence-electron chi connectivity index (χ0n) is 8.68. The summed E-state index contributed by atoms with van der Waals surface area (Å²) in [5, 5.41) is 3.29. The lowest BCUT2D eigenvalue weighted by atomic mass is 9.99. The summed E-state index contributed by atoms with van der Waals surface area (Å²) >= 11 is 3.49. The monoisotopic (exact) mass is 256 g/mol. The summed E-state index contributed by atoms with van der Waals surface area (Å²) in [5.41, 5.74) is 8.21. The third-order valence-electron chi connectivity index (χ3n) is 2.42. The molecule has 0 radical (unpaired) electrons. The molecule has 0 aliphatic heterocycles. The van der Waals surface area contributed by atoms with Crippen LogP contribution in [0, 0.1) is 6.92 Å². The quantitative estimate of drug-likeness (QED) is 0.869. The standard InChI is InChI=1S/C11H17BrN2/c1-8-3-4-9(12)7-10(8)11(14-2)5-6-13/h3-4,7,11,14H,5-6,13H2,1-2H3. The third-order valence-corrected chi connectivity index (χ3v) is 2.91. The number of rotatable bonds is 4. The van der Waals surface area contributed by atoms with Crippen molar-refractivity contribution in [2.45, 2.75) is 19.4 Å². The van der Waals surface area contributed by atoms with Crippen LogP contribution in [0.3, 0.4) is 0 Å². The van der Waals surface area contributed by atoms with Crippen LogP contribution in [0.1, 0.15) is 23.6 Å². The van der Waals surface area contributed by atoms with Crippen LogP contribution in [-0.2, 0) is 0 Å². The van der Waals surface area contributed by atoms with E-state index in [1.165, 1.54) is 11.1 Å². The minimum atomic E-state index is 0.359. The van der Waals surface area contributed by atoms with E-state index >= 15 is 0 Å². The smallest absolute Gasteiger partial charge is 0.0332 e. The van der Waals surface area contributed by atoms with Gasteiger partial charge in [0.05, 0.1) is 0 Å². The molecule has 0 saturated carbocycles. The molecule has 14 heavy (non-hydrogen) atoms. The highest BCUT2D eigenvalue weighted by Crippen LogP contribution is 2.23. The van der Waals surface area contributed by atoms with Crippen LogP contribution < -0.4 is 11.1 Å². The molecule has 0 saturated heterocycles. The van der Waals surface area contributed by atoms with E-state index in [4.69, 9.17) is 5.73 Å². The number of nitrogens with two attached hydrogens (primary N) is 1. The molecule has 1 unspecified atom stereocenters. The number of aryl methyl sites for hydroxylation is 1. The molecule has 1 aromatic rings. The lowest BCUT2D eigenvalue weighted by Gasteiger charge is -2.18. The van der Waals surface area contributed by atoms with Crippen LogP contribution in [0.5, 0.6) is 0 Å². The van der Waals surface area contributed by atoms with Gasteiger partial charge in [-0.3, -0.25) is 0 Å². The Morgan fingerprint density at radius 3 is 2.79 bits per heavy atom. The maximum Gasteiger partial charge on any atom is 0.0332 e. The number of hydrogen-bond donors (Lipinski definition) is 2. The van der Waals surface area contributed by atoms with Gasteiger partial charge in [0, 0.05) is 10.5 Å². The second-order valence-corrected chi connectivity index (χ2v) is 4.34. The molecule has 1 rings (SSSR count). The summed E-state index contributed by atoms with van der Waals surface area (Å²) < 4.78 is 1.12. The fourth-order valence-electron chi connectivity index (χ4n) is 1.61. The van der Waals surface area contributed by atoms with Crippen LogP contribution in [-0.4, -0.2) is 13.6 Å². The SMILES string of the molecule is CNC(CCN)c1cc(Br)ccc1C. The number of halogens is 1. The molecule has 0 fully saturated rings. The van der Waals surface area contributed by atoms with Gasteiger partial charge in [0.1, 0.15) is 0 Å². The van der Waals surface area contributed by atoms with Gasteiger partial charge in [-0.25, -0.2) is 0 Å². The van der Waals surface area contributed by atoms with E-state index < -0.39 is 0 Å². The normalized spacial score (nSPS) is 12.9. The molecule has 3 N–H and O–H groups in total. The summed E-state index contributed by atoms with van der Waals surface area (Å²) in [6.45, 7) is 2.83. The Bertz CT molecular complexity index is 299. The maximum atomic E-state index is 5.58. The van der Waals surface area contributed by atoms with Crippen molar-refractivity contribution in [3.63, 3.8) is 0 Å². The molecular weight excluding hydrogens is 240 g/mol. The fourth-order valence-corrected chi connectivity index (χ4v) is 1.99. The average molecular weight is 257 g/mol. The lowest BCUT2D eigenvalue weighted by Crippen LogP contribution is -2.20. The number of nitrogens with one attached hydrogen (secondary N) is 1. The van der Waals surface area contributed by atoms with Gasteiger partial charge in [-0.15, -0.1) is 0 Å². The van der Waals surface area contributed by atoms with Crippen LogP contribution in [0.2, 0.25) is 0 Å². The number of benzene rings is 1. The van der Waals surface area contributed by atoms with Crippen molar-refractivity contribution in [2.75, 3.05) is 13.6 Å². The predicted octanol–water partition coefficient (Wildman–Crippen LogP) is 2.37. The van der Waals surface area contributed by atoms with Crippen LogP contribution in [0.4, 0.5) is 0 Å². The van der Waals surface area contributed by atoms with Crippen molar-refractivity contribution in [2.24, 2.45) is 5.73 Å². The van der Waals surface area contributed by atoms with Crippen molar-refractivity contribution < 1.29 is 0 Å². The molecule has 0 aliphatic carbocycles. The molecule has 3 heteroatoms. The van der Waals surface area contributed by atoms with Gasteiger partial charge in [-0.2, -0.15) is 0 Å². The molecule has 1 aromatic carbocycles. The first-order chi connectivity index (χ1) is 6.69. The van der Waals surface area contributed by atoms with Crippen LogP contribution in [0.25, 0.3) is 0 Å². The highest BCUT2D eigenvalue weighted by molar-refractivity contribution is 9.10. The summed E-state index contributed by atoms with van der Waals surface area (Å²) in [7, 11) is 1.97. The minimum absolute atomic E-state index is 0.359. The van der Waals surface area contributed by atoms with Crippen LogP contribution in [0.15, 0.2) is 22.7 Å². The van der Waals surface area contributed by atoms with Crippen molar-refractivity contribution in [3.05, 3.63) is 33.8 Å². The Morgan fingerprint density at radius 1 is 1.50 bits per heavy atom. The van der Waals surface area contributed by atoms with Crippen molar-refractivity contribution in [1.82, 2.24) is 5.32 Å².